The summed E-state index contributed by atoms with van der Waals surface area (Å²) in [5.74, 6) is -2.36. The van der Waals surface area contributed by atoms with Crippen molar-refractivity contribution in [2.75, 3.05) is 11.9 Å². The standard InChI is InChI=1S/C20H25N5O6S/c1-2-11-30-18-14(9-6-10-15(18)24-20(22)23)19(27)31-17(26)12-16(21)25-32(28,29)13-7-4-3-5-8-13/h3-10,16,25H,2,11-12,21H2,1H3,(H4,22,23,24)/t16-/m0/s1. The molecule has 1 atom stereocenters. The van der Waals surface area contributed by atoms with Crippen LogP contribution in [0.15, 0.2) is 53.4 Å². The average molecular weight is 464 g/mol. The Morgan fingerprint density at radius 1 is 1.12 bits per heavy atom. The zero-order chi connectivity index (χ0) is 23.7. The first-order valence-corrected chi connectivity index (χ1v) is 11.1. The van der Waals surface area contributed by atoms with Crippen LogP contribution in [0.3, 0.4) is 0 Å². The molecule has 0 aliphatic rings. The van der Waals surface area contributed by atoms with Gasteiger partial charge in [0.25, 0.3) is 0 Å². The van der Waals surface area contributed by atoms with Crippen molar-refractivity contribution in [2.45, 2.75) is 30.8 Å². The van der Waals surface area contributed by atoms with Crippen LogP contribution in [-0.4, -0.2) is 39.1 Å². The minimum atomic E-state index is -3.95. The number of nitrogens with one attached hydrogen (secondary N) is 3. The van der Waals surface area contributed by atoms with Gasteiger partial charge in [-0.3, -0.25) is 10.2 Å². The van der Waals surface area contributed by atoms with Crippen LogP contribution in [0.2, 0.25) is 0 Å². The van der Waals surface area contributed by atoms with Gasteiger partial charge in [0, 0.05) is 0 Å². The molecule has 2 aromatic carbocycles. The number of ether oxygens (including phenoxy) is 2. The molecule has 0 fully saturated rings. The van der Waals surface area contributed by atoms with Crippen LogP contribution in [0.5, 0.6) is 5.75 Å². The molecule has 0 amide bonds. The van der Waals surface area contributed by atoms with Gasteiger partial charge in [-0.15, -0.1) is 0 Å². The second-order valence-electron chi connectivity index (χ2n) is 6.58. The molecule has 0 saturated carbocycles. The van der Waals surface area contributed by atoms with Crippen LogP contribution < -0.4 is 26.2 Å². The van der Waals surface area contributed by atoms with Gasteiger partial charge in [-0.25, -0.2) is 13.2 Å². The summed E-state index contributed by atoms with van der Waals surface area (Å²) in [6.07, 6.45) is -1.27. The monoisotopic (exact) mass is 463 g/mol. The summed E-state index contributed by atoms with van der Waals surface area (Å²) in [4.78, 5) is 24.7. The number of sulfonamides is 1. The van der Waals surface area contributed by atoms with E-state index in [0.717, 1.165) is 0 Å². The van der Waals surface area contributed by atoms with Gasteiger partial charge in [0.2, 0.25) is 10.0 Å². The number of carbonyl (C=O) groups excluding carboxylic acids is 2. The molecule has 0 bridgehead atoms. The number of benzene rings is 2. The van der Waals surface area contributed by atoms with Crippen molar-refractivity contribution in [3.05, 3.63) is 54.1 Å². The molecule has 32 heavy (non-hydrogen) atoms. The Labute approximate surface area is 185 Å². The Hall–Kier alpha value is -3.48. The minimum absolute atomic E-state index is 0.0209. The largest absolute Gasteiger partial charge is 0.491 e. The van der Waals surface area contributed by atoms with Crippen molar-refractivity contribution in [1.29, 1.82) is 5.41 Å². The predicted octanol–water partition coefficient (Wildman–Crippen LogP) is 1.12. The number of anilines is 1. The van der Waals surface area contributed by atoms with Crippen molar-refractivity contribution in [1.82, 2.24) is 4.72 Å². The lowest BCUT2D eigenvalue weighted by Crippen LogP contribution is -2.43. The third kappa shape index (κ3) is 7.04. The topological polar surface area (TPSA) is 187 Å². The number of nitrogens with two attached hydrogens (primary N) is 2. The van der Waals surface area contributed by atoms with E-state index in [9.17, 15) is 18.0 Å². The maximum atomic E-state index is 12.6. The summed E-state index contributed by atoms with van der Waals surface area (Å²) < 4.78 is 37.1. The van der Waals surface area contributed by atoms with E-state index < -0.39 is 34.5 Å². The predicted molar refractivity (Wildman–Crippen MR) is 118 cm³/mol. The smallest absolute Gasteiger partial charge is 0.349 e. The Morgan fingerprint density at radius 3 is 2.44 bits per heavy atom. The van der Waals surface area contributed by atoms with Crippen LogP contribution in [0.1, 0.15) is 30.1 Å². The zero-order valence-electron chi connectivity index (χ0n) is 17.3. The van der Waals surface area contributed by atoms with Gasteiger partial charge >= 0.3 is 11.9 Å². The molecule has 0 aliphatic carbocycles. The van der Waals surface area contributed by atoms with Crippen molar-refractivity contribution in [2.24, 2.45) is 11.5 Å². The summed E-state index contributed by atoms with van der Waals surface area (Å²) in [6.45, 7) is 2.12. The molecule has 0 spiro atoms. The van der Waals surface area contributed by atoms with E-state index in [2.05, 4.69) is 10.0 Å². The highest BCUT2D eigenvalue weighted by molar-refractivity contribution is 7.89. The number of rotatable bonds is 10. The number of hydrogen-bond donors (Lipinski definition) is 5. The maximum absolute atomic E-state index is 12.6. The molecule has 7 N–H and O–H groups in total. The molecule has 2 aromatic rings. The van der Waals surface area contributed by atoms with Gasteiger partial charge in [-0.2, -0.15) is 4.72 Å². The average Bonchev–Trinajstić information content (AvgIpc) is 2.72. The van der Waals surface area contributed by atoms with E-state index in [1.807, 2.05) is 6.92 Å². The molecular weight excluding hydrogens is 438 g/mol. The van der Waals surface area contributed by atoms with Gasteiger partial charge in [-0.05, 0) is 30.7 Å². The molecular formula is C20H25N5O6S. The second kappa shape index (κ2) is 11.2. The van der Waals surface area contributed by atoms with Crippen LogP contribution >= 0.6 is 0 Å². The fraction of sp³-hybridized carbons (Fsp3) is 0.250. The number of carbonyl (C=O) groups is 2. The molecule has 0 heterocycles. The van der Waals surface area contributed by atoms with E-state index in [0.29, 0.717) is 6.42 Å². The summed E-state index contributed by atoms with van der Waals surface area (Å²) in [5.41, 5.74) is 11.2. The molecule has 0 aromatic heterocycles. The molecule has 0 unspecified atom stereocenters. The summed E-state index contributed by atoms with van der Waals surface area (Å²) in [6, 6.07) is 11.9. The van der Waals surface area contributed by atoms with Crippen molar-refractivity contribution >= 4 is 33.6 Å². The second-order valence-corrected chi connectivity index (χ2v) is 8.29. The molecule has 12 heteroatoms. The minimum Gasteiger partial charge on any atom is -0.491 e. The Balaban J connectivity index is 2.08. The van der Waals surface area contributed by atoms with Gasteiger partial charge in [-0.1, -0.05) is 31.2 Å². The van der Waals surface area contributed by atoms with Gasteiger partial charge in [0.15, 0.2) is 11.7 Å². The van der Waals surface area contributed by atoms with Crippen molar-refractivity contribution < 1.29 is 27.5 Å². The van der Waals surface area contributed by atoms with Crippen LogP contribution in [0.4, 0.5) is 5.69 Å². The normalized spacial score (nSPS) is 11.9. The van der Waals surface area contributed by atoms with Gasteiger partial charge < -0.3 is 26.3 Å². The fourth-order valence-corrected chi connectivity index (χ4v) is 3.72. The van der Waals surface area contributed by atoms with Crippen LogP contribution in [0, 0.1) is 5.41 Å². The third-order valence-electron chi connectivity index (χ3n) is 3.91. The third-order valence-corrected chi connectivity index (χ3v) is 5.41. The molecule has 11 nitrogen and oxygen atoms in total. The fourth-order valence-electron chi connectivity index (χ4n) is 2.59. The first-order chi connectivity index (χ1) is 15.1. The van der Waals surface area contributed by atoms with E-state index >= 15 is 0 Å². The van der Waals surface area contributed by atoms with Crippen molar-refractivity contribution in [3.8, 4) is 5.75 Å². The molecule has 2 rings (SSSR count). The Kier molecular flexibility index (Phi) is 8.70. The Bertz CT molecular complexity index is 1080. The number of esters is 2. The van der Waals surface area contributed by atoms with Crippen molar-refractivity contribution in [3.63, 3.8) is 0 Å². The first kappa shape index (κ1) is 24.8. The lowest BCUT2D eigenvalue weighted by Gasteiger charge is -2.16. The molecule has 0 radical (unpaired) electrons. The Morgan fingerprint density at radius 2 is 1.81 bits per heavy atom. The zero-order valence-corrected chi connectivity index (χ0v) is 18.1. The van der Waals surface area contributed by atoms with Gasteiger partial charge in [0.05, 0.1) is 29.8 Å². The number of hydrogen-bond acceptors (Lipinski definition) is 8. The molecule has 0 saturated heterocycles. The lowest BCUT2D eigenvalue weighted by molar-refractivity contribution is -0.138. The summed E-state index contributed by atoms with van der Waals surface area (Å²) in [7, 11) is -3.95. The van der Waals surface area contributed by atoms with E-state index in [4.69, 9.17) is 26.4 Å². The highest BCUT2D eigenvalue weighted by atomic mass is 32.2. The van der Waals surface area contributed by atoms with E-state index in [-0.39, 0.29) is 34.5 Å². The first-order valence-electron chi connectivity index (χ1n) is 9.59. The SMILES string of the molecule is CCCOc1c(NC(=N)N)cccc1C(=O)OC(=O)C[C@@H](N)NS(=O)(=O)c1ccccc1. The lowest BCUT2D eigenvalue weighted by atomic mass is 10.1. The van der Waals surface area contributed by atoms with Crippen LogP contribution in [0.25, 0.3) is 0 Å². The highest BCUT2D eigenvalue weighted by Crippen LogP contribution is 2.30. The maximum Gasteiger partial charge on any atom is 0.349 e. The molecule has 172 valence electrons. The highest BCUT2D eigenvalue weighted by Gasteiger charge is 2.24. The molecule has 0 aliphatic heterocycles. The quantitative estimate of drug-likeness (QED) is 0.113. The van der Waals surface area contributed by atoms with Crippen LogP contribution in [-0.2, 0) is 19.6 Å². The summed E-state index contributed by atoms with van der Waals surface area (Å²) in [5, 5.41) is 9.93. The number of para-hydroxylation sites is 1. The van der Waals surface area contributed by atoms with Gasteiger partial charge in [0.1, 0.15) is 5.56 Å². The summed E-state index contributed by atoms with van der Waals surface area (Å²) >= 11 is 0. The van der Waals surface area contributed by atoms with E-state index in [1.54, 1.807) is 24.3 Å². The van der Waals surface area contributed by atoms with E-state index in [1.165, 1.54) is 24.3 Å². The number of guanidine groups is 1.